The zero-order valence-electron chi connectivity index (χ0n) is 16.5. The van der Waals surface area contributed by atoms with Gasteiger partial charge in [-0.05, 0) is 61.2 Å². The maximum atomic E-state index is 12.4. The average Bonchev–Trinajstić information content (AvgIpc) is 2.67. The summed E-state index contributed by atoms with van der Waals surface area (Å²) < 4.78 is 5.24. The van der Waals surface area contributed by atoms with Crippen molar-refractivity contribution >= 4 is 11.7 Å². The molecule has 1 N–H and O–H groups in total. The number of rotatable bonds is 5. The minimum absolute atomic E-state index is 0.0259. The molecule has 0 radical (unpaired) electrons. The molecule has 0 unspecified atom stereocenters. The third-order valence-electron chi connectivity index (χ3n) is 4.96. The molecule has 0 bridgehead atoms. The van der Waals surface area contributed by atoms with Crippen LogP contribution in [0.2, 0.25) is 0 Å². The van der Waals surface area contributed by atoms with Crippen LogP contribution in [0.4, 0.5) is 10.5 Å². The second-order valence-corrected chi connectivity index (χ2v) is 7.15. The first kappa shape index (κ1) is 19.1. The molecule has 2 aromatic carbocycles. The second-order valence-electron chi connectivity index (χ2n) is 7.15. The van der Waals surface area contributed by atoms with Crippen LogP contribution < -0.4 is 15.0 Å². The molecule has 0 atom stereocenters. The van der Waals surface area contributed by atoms with E-state index in [-0.39, 0.29) is 6.03 Å². The smallest absolute Gasteiger partial charge is 0.317 e. The predicted octanol–water partition coefficient (Wildman–Crippen LogP) is 3.39. The molecule has 1 aliphatic rings. The lowest BCUT2D eigenvalue weighted by molar-refractivity contribution is 0.194. The van der Waals surface area contributed by atoms with Gasteiger partial charge in [0.2, 0.25) is 0 Å². The van der Waals surface area contributed by atoms with E-state index in [0.717, 1.165) is 43.9 Å². The summed E-state index contributed by atoms with van der Waals surface area (Å²) in [5.74, 6) is 0.848. The first-order valence-corrected chi connectivity index (χ1v) is 9.54. The summed E-state index contributed by atoms with van der Waals surface area (Å²) in [6, 6.07) is 14.6. The zero-order chi connectivity index (χ0) is 19.2. The fraction of sp³-hybridized carbons (Fsp3) is 0.409. The lowest BCUT2D eigenvalue weighted by Crippen LogP contribution is -2.52. The Hall–Kier alpha value is -2.69. The van der Waals surface area contributed by atoms with Crippen molar-refractivity contribution < 1.29 is 9.53 Å². The number of hydrogen-bond acceptors (Lipinski definition) is 3. The Morgan fingerprint density at radius 3 is 2.41 bits per heavy atom. The first-order valence-electron chi connectivity index (χ1n) is 9.54. The summed E-state index contributed by atoms with van der Waals surface area (Å²) in [5, 5.41) is 3.04. The molecule has 144 valence electrons. The number of piperazine rings is 1. The van der Waals surface area contributed by atoms with Gasteiger partial charge >= 0.3 is 6.03 Å². The van der Waals surface area contributed by atoms with E-state index in [1.165, 1.54) is 16.8 Å². The SMILES string of the molecule is COc1cccc(CCNC(=O)N2CCN(c3cc(C)cc(C)c3)CC2)c1. The van der Waals surface area contributed by atoms with Gasteiger partial charge in [-0.2, -0.15) is 0 Å². The van der Waals surface area contributed by atoms with Crippen molar-refractivity contribution in [3.05, 3.63) is 59.2 Å². The molecule has 2 aromatic rings. The van der Waals surface area contributed by atoms with Crippen LogP contribution in [0.25, 0.3) is 0 Å². The van der Waals surface area contributed by atoms with Crippen molar-refractivity contribution in [3.63, 3.8) is 0 Å². The predicted molar refractivity (Wildman–Crippen MR) is 110 cm³/mol. The lowest BCUT2D eigenvalue weighted by Gasteiger charge is -2.36. The summed E-state index contributed by atoms with van der Waals surface area (Å²) >= 11 is 0. The van der Waals surface area contributed by atoms with Crippen LogP contribution >= 0.6 is 0 Å². The topological polar surface area (TPSA) is 44.8 Å². The number of nitrogens with one attached hydrogen (secondary N) is 1. The van der Waals surface area contributed by atoms with Crippen LogP contribution in [-0.4, -0.2) is 50.8 Å². The Balaban J connectivity index is 1.45. The van der Waals surface area contributed by atoms with Crippen molar-refractivity contribution in [3.8, 4) is 5.75 Å². The van der Waals surface area contributed by atoms with Crippen LogP contribution in [0.5, 0.6) is 5.75 Å². The van der Waals surface area contributed by atoms with Crippen molar-refractivity contribution in [2.45, 2.75) is 20.3 Å². The van der Waals surface area contributed by atoms with E-state index in [1.807, 2.05) is 23.1 Å². The van der Waals surface area contributed by atoms with Gasteiger partial charge in [-0.3, -0.25) is 0 Å². The number of aryl methyl sites for hydroxylation is 2. The third-order valence-corrected chi connectivity index (χ3v) is 4.96. The molecule has 5 heteroatoms. The van der Waals surface area contributed by atoms with E-state index in [9.17, 15) is 4.79 Å². The average molecular weight is 367 g/mol. The highest BCUT2D eigenvalue weighted by Gasteiger charge is 2.21. The van der Waals surface area contributed by atoms with Gasteiger partial charge < -0.3 is 19.9 Å². The maximum Gasteiger partial charge on any atom is 0.317 e. The molecule has 1 fully saturated rings. The Morgan fingerprint density at radius 1 is 1.04 bits per heavy atom. The van der Waals surface area contributed by atoms with Gasteiger partial charge in [0, 0.05) is 38.4 Å². The first-order chi connectivity index (χ1) is 13.0. The van der Waals surface area contributed by atoms with E-state index in [2.05, 4.69) is 48.3 Å². The number of carbonyl (C=O) groups is 1. The molecule has 1 aliphatic heterocycles. The Bertz CT molecular complexity index is 763. The molecule has 0 aromatic heterocycles. The quantitative estimate of drug-likeness (QED) is 0.881. The van der Waals surface area contributed by atoms with E-state index in [0.29, 0.717) is 6.54 Å². The Kier molecular flexibility index (Phi) is 6.22. The standard InChI is InChI=1S/C22H29N3O2/c1-17-13-18(2)15-20(14-17)24-9-11-25(12-10-24)22(26)23-8-7-19-5-4-6-21(16-19)27-3/h4-6,13-16H,7-12H2,1-3H3,(H,23,26). The van der Waals surface area contributed by atoms with Gasteiger partial charge in [-0.15, -0.1) is 0 Å². The minimum atomic E-state index is 0.0259. The number of benzene rings is 2. The number of anilines is 1. The fourth-order valence-corrected chi connectivity index (χ4v) is 3.55. The number of ether oxygens (including phenoxy) is 1. The third kappa shape index (κ3) is 5.16. The molecule has 2 amide bonds. The van der Waals surface area contributed by atoms with Gasteiger partial charge in [0.15, 0.2) is 0 Å². The summed E-state index contributed by atoms with van der Waals surface area (Å²) in [6.07, 6.45) is 0.797. The van der Waals surface area contributed by atoms with Gasteiger partial charge in [0.25, 0.3) is 0 Å². The molecule has 3 rings (SSSR count). The zero-order valence-corrected chi connectivity index (χ0v) is 16.5. The molecular formula is C22H29N3O2. The minimum Gasteiger partial charge on any atom is -0.497 e. The number of carbonyl (C=O) groups excluding carboxylic acids is 1. The second kappa shape index (κ2) is 8.80. The van der Waals surface area contributed by atoms with E-state index < -0.39 is 0 Å². The van der Waals surface area contributed by atoms with Gasteiger partial charge in [-0.1, -0.05) is 18.2 Å². The van der Waals surface area contributed by atoms with Gasteiger partial charge in [0.1, 0.15) is 5.75 Å². The van der Waals surface area contributed by atoms with Crippen LogP contribution in [0.3, 0.4) is 0 Å². The van der Waals surface area contributed by atoms with Crippen molar-refractivity contribution in [2.24, 2.45) is 0 Å². The summed E-state index contributed by atoms with van der Waals surface area (Å²) in [5.41, 5.74) is 4.98. The Morgan fingerprint density at radius 2 is 1.74 bits per heavy atom. The summed E-state index contributed by atoms with van der Waals surface area (Å²) in [7, 11) is 1.67. The molecule has 1 heterocycles. The molecule has 5 nitrogen and oxygen atoms in total. The van der Waals surface area contributed by atoms with Crippen molar-refractivity contribution in [1.82, 2.24) is 10.2 Å². The Labute approximate surface area is 161 Å². The van der Waals surface area contributed by atoms with Crippen LogP contribution in [0.15, 0.2) is 42.5 Å². The lowest BCUT2D eigenvalue weighted by atomic mass is 10.1. The highest BCUT2D eigenvalue weighted by molar-refractivity contribution is 5.74. The highest BCUT2D eigenvalue weighted by atomic mass is 16.5. The van der Waals surface area contributed by atoms with Gasteiger partial charge in [-0.25, -0.2) is 4.79 Å². The fourth-order valence-electron chi connectivity index (χ4n) is 3.55. The highest BCUT2D eigenvalue weighted by Crippen LogP contribution is 2.20. The largest absolute Gasteiger partial charge is 0.497 e. The van der Waals surface area contributed by atoms with E-state index in [1.54, 1.807) is 7.11 Å². The van der Waals surface area contributed by atoms with Crippen LogP contribution in [0, 0.1) is 13.8 Å². The van der Waals surface area contributed by atoms with E-state index in [4.69, 9.17) is 4.74 Å². The normalized spacial score (nSPS) is 14.2. The van der Waals surface area contributed by atoms with Crippen LogP contribution in [-0.2, 0) is 6.42 Å². The van der Waals surface area contributed by atoms with Crippen LogP contribution in [0.1, 0.15) is 16.7 Å². The molecule has 1 saturated heterocycles. The summed E-state index contributed by atoms with van der Waals surface area (Å²) in [4.78, 5) is 16.7. The van der Waals surface area contributed by atoms with Gasteiger partial charge in [0.05, 0.1) is 7.11 Å². The maximum absolute atomic E-state index is 12.4. The molecule has 27 heavy (non-hydrogen) atoms. The number of urea groups is 1. The monoisotopic (exact) mass is 367 g/mol. The van der Waals surface area contributed by atoms with Crippen molar-refractivity contribution in [2.75, 3.05) is 44.7 Å². The number of nitrogens with zero attached hydrogens (tertiary/aromatic N) is 2. The molecule has 0 spiro atoms. The van der Waals surface area contributed by atoms with E-state index >= 15 is 0 Å². The number of hydrogen-bond donors (Lipinski definition) is 1. The van der Waals surface area contributed by atoms with Crippen molar-refractivity contribution in [1.29, 1.82) is 0 Å². The number of methoxy groups -OCH3 is 1. The summed E-state index contributed by atoms with van der Waals surface area (Å²) in [6.45, 7) is 8.11. The number of amides is 2. The molecule has 0 saturated carbocycles. The molecular weight excluding hydrogens is 338 g/mol. The molecule has 0 aliphatic carbocycles.